The molecule has 0 saturated carbocycles. The predicted molar refractivity (Wildman–Crippen MR) is 151 cm³/mol. The van der Waals surface area contributed by atoms with Gasteiger partial charge in [-0.25, -0.2) is 4.68 Å². The number of benzene rings is 2. The maximum Gasteiger partial charge on any atom is 0.311 e. The maximum absolute atomic E-state index is 13.2. The van der Waals surface area contributed by atoms with Crippen LogP contribution in [0.4, 0.5) is 5.69 Å². The number of thiophene rings is 1. The average molecular weight is 555 g/mol. The van der Waals surface area contributed by atoms with E-state index in [4.69, 9.17) is 9.84 Å². The van der Waals surface area contributed by atoms with E-state index in [9.17, 15) is 14.9 Å². The Kier molecular flexibility index (Phi) is 6.31. The van der Waals surface area contributed by atoms with Crippen molar-refractivity contribution in [3.63, 3.8) is 0 Å². The number of rotatable bonds is 7. The van der Waals surface area contributed by atoms with Gasteiger partial charge in [0.1, 0.15) is 5.69 Å². The van der Waals surface area contributed by atoms with E-state index in [0.717, 1.165) is 10.6 Å². The van der Waals surface area contributed by atoms with Gasteiger partial charge in [-0.05, 0) is 53.9 Å². The van der Waals surface area contributed by atoms with Crippen molar-refractivity contribution in [3.8, 4) is 22.7 Å². The van der Waals surface area contributed by atoms with E-state index in [-0.39, 0.29) is 17.0 Å². The highest BCUT2D eigenvalue weighted by Crippen LogP contribution is 2.33. The van der Waals surface area contributed by atoms with E-state index in [1.54, 1.807) is 40.4 Å². The minimum Gasteiger partial charge on any atom is -0.490 e. The third-order valence-corrected chi connectivity index (χ3v) is 7.63. The zero-order valence-corrected chi connectivity index (χ0v) is 21.9. The van der Waals surface area contributed by atoms with E-state index in [1.807, 2.05) is 53.9 Å². The molecule has 6 aromatic rings. The van der Waals surface area contributed by atoms with Gasteiger partial charge in [-0.2, -0.15) is 14.6 Å². The lowest BCUT2D eigenvalue weighted by Gasteiger charge is -2.04. The van der Waals surface area contributed by atoms with Gasteiger partial charge in [-0.1, -0.05) is 35.6 Å². The molecule has 0 saturated heterocycles. The van der Waals surface area contributed by atoms with Crippen LogP contribution in [-0.4, -0.2) is 36.4 Å². The van der Waals surface area contributed by atoms with Crippen molar-refractivity contribution in [2.45, 2.75) is 0 Å². The quantitative estimate of drug-likeness (QED) is 0.207. The molecule has 0 radical (unpaired) electrons. The number of hydrogen-bond acceptors (Lipinski definition) is 9. The van der Waals surface area contributed by atoms with Gasteiger partial charge in [0.15, 0.2) is 11.6 Å². The number of fused-ring (bicyclic) bond motifs is 1. The van der Waals surface area contributed by atoms with E-state index < -0.39 is 4.92 Å². The summed E-state index contributed by atoms with van der Waals surface area (Å²) in [5, 5.41) is 22.7. The van der Waals surface area contributed by atoms with Crippen LogP contribution >= 0.6 is 22.7 Å². The Balaban J connectivity index is 1.46. The first-order valence-corrected chi connectivity index (χ1v) is 13.3. The molecule has 2 aromatic carbocycles. The molecule has 4 heterocycles. The van der Waals surface area contributed by atoms with E-state index in [2.05, 4.69) is 10.1 Å². The Bertz CT molecular complexity index is 1960. The average Bonchev–Trinajstić information content (AvgIpc) is 3.75. The molecule has 39 heavy (non-hydrogen) atoms. The van der Waals surface area contributed by atoms with Crippen LogP contribution in [0.5, 0.6) is 5.75 Å². The molecule has 0 spiro atoms. The Morgan fingerprint density at radius 1 is 1.05 bits per heavy atom. The molecule has 0 aliphatic carbocycles. The first kappa shape index (κ1) is 24.4. The lowest BCUT2D eigenvalue weighted by molar-refractivity contribution is -0.385. The molecule has 0 aliphatic heterocycles. The molecular weight excluding hydrogens is 536 g/mol. The first-order valence-electron chi connectivity index (χ1n) is 11.6. The molecule has 6 rings (SSSR count). The van der Waals surface area contributed by atoms with Crippen LogP contribution in [0, 0.1) is 10.1 Å². The number of nitro benzene ring substituents is 1. The van der Waals surface area contributed by atoms with Crippen LogP contribution in [0.25, 0.3) is 40.1 Å². The van der Waals surface area contributed by atoms with Gasteiger partial charge in [-0.15, -0.1) is 16.4 Å². The number of nitro groups is 1. The van der Waals surface area contributed by atoms with Crippen LogP contribution in [0.3, 0.4) is 0 Å². The van der Waals surface area contributed by atoms with Gasteiger partial charge >= 0.3 is 5.69 Å². The van der Waals surface area contributed by atoms with Crippen molar-refractivity contribution >= 4 is 51.5 Å². The van der Waals surface area contributed by atoms with Crippen molar-refractivity contribution in [3.05, 3.63) is 114 Å². The van der Waals surface area contributed by atoms with Crippen molar-refractivity contribution in [2.24, 2.45) is 0 Å². The second-order valence-corrected chi connectivity index (χ2v) is 10.3. The summed E-state index contributed by atoms with van der Waals surface area (Å²) in [6.45, 7) is 0. The summed E-state index contributed by atoms with van der Waals surface area (Å²) in [5.41, 5.74) is 1.91. The predicted octanol–water partition coefficient (Wildman–Crippen LogP) is 4.70. The van der Waals surface area contributed by atoms with Crippen molar-refractivity contribution in [1.29, 1.82) is 0 Å². The van der Waals surface area contributed by atoms with Crippen LogP contribution in [0.15, 0.2) is 77.0 Å². The number of aromatic nitrogens is 5. The zero-order chi connectivity index (χ0) is 26.9. The second kappa shape index (κ2) is 10.1. The fourth-order valence-corrected chi connectivity index (χ4v) is 5.54. The van der Waals surface area contributed by atoms with Crippen molar-refractivity contribution < 1.29 is 9.66 Å². The minimum absolute atomic E-state index is 0.146. The van der Waals surface area contributed by atoms with Gasteiger partial charge in [0.05, 0.1) is 22.3 Å². The minimum atomic E-state index is -0.500. The van der Waals surface area contributed by atoms with E-state index in [1.165, 1.54) is 35.1 Å². The number of ether oxygens (including phenoxy) is 1. The summed E-state index contributed by atoms with van der Waals surface area (Å²) in [4.78, 5) is 30.4. The highest BCUT2D eigenvalue weighted by atomic mass is 32.1. The standard InChI is InChI=1S/C27H18N6O4S2/c1-37-22-11-9-17(14-21(22)33(35)36)25-18(16-31(30-25)19-6-3-2-4-7-19)15-23-26(34)32-27(39-23)28-24(29-32)12-10-20-8-5-13-38-20/h2-16H,1H3/b12-10+,23-15-. The number of methoxy groups -OCH3 is 1. The van der Waals surface area contributed by atoms with Crippen LogP contribution in [-0.2, 0) is 0 Å². The molecule has 0 atom stereocenters. The molecule has 0 aliphatic rings. The third kappa shape index (κ3) is 4.74. The lowest BCUT2D eigenvalue weighted by atomic mass is 10.1. The molecule has 192 valence electrons. The molecule has 4 aromatic heterocycles. The van der Waals surface area contributed by atoms with Gasteiger partial charge in [0, 0.05) is 28.3 Å². The Hall–Kier alpha value is -4.94. The maximum atomic E-state index is 13.2. The summed E-state index contributed by atoms with van der Waals surface area (Å²) in [6, 6.07) is 18.1. The fourth-order valence-electron chi connectivity index (χ4n) is 4.01. The van der Waals surface area contributed by atoms with Gasteiger partial charge in [0.25, 0.3) is 5.56 Å². The van der Waals surface area contributed by atoms with Gasteiger partial charge < -0.3 is 4.74 Å². The first-order chi connectivity index (χ1) is 19.0. The van der Waals surface area contributed by atoms with E-state index >= 15 is 0 Å². The van der Waals surface area contributed by atoms with Crippen LogP contribution in [0.1, 0.15) is 16.3 Å². The number of nitrogens with zero attached hydrogens (tertiary/aromatic N) is 6. The Labute approximate surface area is 228 Å². The van der Waals surface area contributed by atoms with Crippen molar-refractivity contribution in [1.82, 2.24) is 24.4 Å². The largest absolute Gasteiger partial charge is 0.490 e. The molecule has 0 unspecified atom stereocenters. The SMILES string of the molecule is COc1ccc(-c2nn(-c3ccccc3)cc2/C=c2\sc3nc(/C=C/c4cccs4)nn3c2=O)cc1[N+](=O)[O-]. The molecule has 0 fully saturated rings. The summed E-state index contributed by atoms with van der Waals surface area (Å²) in [7, 11) is 1.38. The Morgan fingerprint density at radius 3 is 2.62 bits per heavy atom. The van der Waals surface area contributed by atoms with E-state index in [0.29, 0.717) is 32.1 Å². The molecule has 0 N–H and O–H groups in total. The summed E-state index contributed by atoms with van der Waals surface area (Å²) in [6.07, 6.45) is 7.17. The second-order valence-electron chi connectivity index (χ2n) is 8.29. The molecule has 0 bridgehead atoms. The molecular formula is C27H18N6O4S2. The number of hydrogen-bond donors (Lipinski definition) is 0. The normalized spacial score (nSPS) is 12.1. The summed E-state index contributed by atoms with van der Waals surface area (Å²) >= 11 is 2.81. The molecule has 10 nitrogen and oxygen atoms in total. The summed E-state index contributed by atoms with van der Waals surface area (Å²) < 4.78 is 8.52. The zero-order valence-electron chi connectivity index (χ0n) is 20.3. The van der Waals surface area contributed by atoms with Crippen molar-refractivity contribution in [2.75, 3.05) is 7.11 Å². The molecule has 0 amide bonds. The van der Waals surface area contributed by atoms with Gasteiger partial charge in [-0.3, -0.25) is 14.9 Å². The number of thiazole rings is 1. The highest BCUT2D eigenvalue weighted by Gasteiger charge is 2.20. The fraction of sp³-hybridized carbons (Fsp3) is 0.0370. The lowest BCUT2D eigenvalue weighted by Crippen LogP contribution is -2.23. The van der Waals surface area contributed by atoms with Crippen LogP contribution < -0.4 is 14.8 Å². The third-order valence-electron chi connectivity index (χ3n) is 5.84. The number of para-hydroxylation sites is 1. The monoisotopic (exact) mass is 554 g/mol. The topological polar surface area (TPSA) is 117 Å². The Morgan fingerprint density at radius 2 is 1.90 bits per heavy atom. The summed E-state index contributed by atoms with van der Waals surface area (Å²) in [5.74, 6) is 0.592. The van der Waals surface area contributed by atoms with Gasteiger partial charge in [0.2, 0.25) is 4.96 Å². The van der Waals surface area contributed by atoms with Crippen LogP contribution in [0.2, 0.25) is 0 Å². The highest BCUT2D eigenvalue weighted by molar-refractivity contribution is 7.15. The smallest absolute Gasteiger partial charge is 0.311 e. The molecule has 12 heteroatoms.